The first-order valence-electron chi connectivity index (χ1n) is 16.2. The molecule has 0 aromatic heterocycles. The number of allylic oxidation sites excluding steroid dienone is 3. The number of hydrogen-bond acceptors (Lipinski definition) is 7. The van der Waals surface area contributed by atoms with Gasteiger partial charge < -0.3 is 9.84 Å². The van der Waals surface area contributed by atoms with Crippen molar-refractivity contribution in [3.05, 3.63) is 113 Å². The maximum absolute atomic E-state index is 15.2. The van der Waals surface area contributed by atoms with Crippen LogP contribution in [0.1, 0.15) is 36.5 Å². The van der Waals surface area contributed by atoms with E-state index in [0.29, 0.717) is 36.4 Å². The highest BCUT2D eigenvalue weighted by Gasteiger charge is 2.70. The molecule has 0 radical (unpaired) electrons. The van der Waals surface area contributed by atoms with Crippen molar-refractivity contribution >= 4 is 29.3 Å². The lowest BCUT2D eigenvalue weighted by Gasteiger charge is -2.51. The molecule has 3 aromatic rings. The van der Waals surface area contributed by atoms with Crippen molar-refractivity contribution in [2.24, 2.45) is 29.6 Å². The molecule has 2 aliphatic carbocycles. The monoisotopic (exact) mass is 629 g/mol. The van der Waals surface area contributed by atoms with Gasteiger partial charge in [-0.05, 0) is 74.1 Å². The van der Waals surface area contributed by atoms with Gasteiger partial charge in [0.05, 0.1) is 35.1 Å². The Morgan fingerprint density at radius 1 is 0.936 bits per heavy atom. The first-order chi connectivity index (χ1) is 22.7. The van der Waals surface area contributed by atoms with Crippen molar-refractivity contribution in [3.63, 3.8) is 0 Å². The van der Waals surface area contributed by atoms with E-state index in [4.69, 9.17) is 4.74 Å². The zero-order valence-electron chi connectivity index (χ0n) is 26.2. The van der Waals surface area contributed by atoms with E-state index in [1.165, 1.54) is 4.90 Å². The summed E-state index contributed by atoms with van der Waals surface area (Å²) < 4.78 is 6.15. The van der Waals surface area contributed by atoms with Crippen molar-refractivity contribution < 1.29 is 29.0 Å². The molecule has 2 N–H and O–H groups in total. The molecule has 8 rings (SSSR count). The van der Waals surface area contributed by atoms with Crippen LogP contribution in [-0.2, 0) is 31.0 Å². The number of fused-ring (bicyclic) bond motifs is 5. The van der Waals surface area contributed by atoms with Gasteiger partial charge in [-0.2, -0.15) is 5.01 Å². The number of nitrogens with one attached hydrogen (secondary N) is 1. The van der Waals surface area contributed by atoms with Crippen LogP contribution in [0.15, 0.2) is 96.3 Å². The summed E-state index contributed by atoms with van der Waals surface area (Å²) in [5.74, 6) is -3.43. The highest BCUT2D eigenvalue weighted by molar-refractivity contribution is 6.13. The smallest absolute Gasteiger partial charge is 0.260 e. The van der Waals surface area contributed by atoms with Crippen molar-refractivity contribution in [2.75, 3.05) is 12.0 Å². The number of carbonyl (C=O) groups is 4. The Morgan fingerprint density at radius 3 is 2.45 bits per heavy atom. The SMILES string of the molecule is CCN1C(=O)[C@H]2[C@H](CC=C3[C@H](C4=COc5ccc(O)cc5C4)[C@]4(c5ccccc5)C(=O)N(Nc5ccc(C)cc5)C(=O)[C@@H]4C[C@H]32)C1=O. The number of nitrogens with zero attached hydrogens (tertiary/aromatic N) is 2. The second-order valence-corrected chi connectivity index (χ2v) is 13.3. The zero-order valence-corrected chi connectivity index (χ0v) is 26.2. The third-order valence-corrected chi connectivity index (χ3v) is 10.9. The molecule has 47 heavy (non-hydrogen) atoms. The number of imide groups is 2. The molecule has 3 aliphatic heterocycles. The molecule has 0 spiro atoms. The van der Waals surface area contributed by atoms with Gasteiger partial charge in [0.2, 0.25) is 11.8 Å². The van der Waals surface area contributed by atoms with Gasteiger partial charge in [0.1, 0.15) is 11.5 Å². The molecule has 2 saturated heterocycles. The number of amides is 4. The highest BCUT2D eigenvalue weighted by Crippen LogP contribution is 2.63. The number of benzene rings is 3. The molecule has 6 atom stereocenters. The van der Waals surface area contributed by atoms with Gasteiger partial charge in [-0.3, -0.25) is 29.5 Å². The summed E-state index contributed by atoms with van der Waals surface area (Å²) in [7, 11) is 0. The number of aryl methyl sites for hydroxylation is 1. The lowest BCUT2D eigenvalue weighted by atomic mass is 9.48. The van der Waals surface area contributed by atoms with E-state index in [0.717, 1.165) is 27.3 Å². The van der Waals surface area contributed by atoms with E-state index in [-0.39, 0.29) is 35.8 Å². The Kier molecular flexibility index (Phi) is 6.65. The topological polar surface area (TPSA) is 116 Å². The van der Waals surface area contributed by atoms with Gasteiger partial charge in [0, 0.05) is 24.4 Å². The number of likely N-dealkylation sites (tertiary alicyclic amines) is 1. The normalized spacial score (nSPS) is 29.4. The molecule has 3 heterocycles. The maximum atomic E-state index is 15.2. The summed E-state index contributed by atoms with van der Waals surface area (Å²) in [6.45, 7) is 4.06. The Balaban J connectivity index is 1.33. The lowest BCUT2D eigenvalue weighted by Crippen LogP contribution is -2.55. The molecule has 238 valence electrons. The van der Waals surface area contributed by atoms with E-state index in [1.54, 1.807) is 31.4 Å². The van der Waals surface area contributed by atoms with Crippen LogP contribution in [0.4, 0.5) is 5.69 Å². The minimum absolute atomic E-state index is 0.0980. The highest BCUT2D eigenvalue weighted by atomic mass is 16.5. The van der Waals surface area contributed by atoms with Crippen LogP contribution < -0.4 is 10.2 Å². The summed E-state index contributed by atoms with van der Waals surface area (Å²) in [6.07, 6.45) is 4.72. The Hall–Kier alpha value is -5.18. The van der Waals surface area contributed by atoms with Crippen molar-refractivity contribution in [1.82, 2.24) is 9.91 Å². The predicted molar refractivity (Wildman–Crippen MR) is 172 cm³/mol. The third kappa shape index (κ3) is 4.15. The molecule has 0 bridgehead atoms. The summed E-state index contributed by atoms with van der Waals surface area (Å²) in [4.78, 5) is 58.5. The summed E-state index contributed by atoms with van der Waals surface area (Å²) in [6, 6.07) is 21.9. The van der Waals surface area contributed by atoms with E-state index in [1.807, 2.05) is 67.6 Å². The summed E-state index contributed by atoms with van der Waals surface area (Å²) in [5.41, 5.74) is 6.54. The van der Waals surface area contributed by atoms with Crippen LogP contribution in [0.25, 0.3) is 0 Å². The third-order valence-electron chi connectivity index (χ3n) is 10.9. The zero-order chi connectivity index (χ0) is 32.6. The first kappa shape index (κ1) is 29.2. The van der Waals surface area contributed by atoms with Crippen molar-refractivity contribution in [1.29, 1.82) is 0 Å². The summed E-state index contributed by atoms with van der Waals surface area (Å²) in [5, 5.41) is 11.5. The van der Waals surface area contributed by atoms with Crippen LogP contribution >= 0.6 is 0 Å². The average Bonchev–Trinajstić information content (AvgIpc) is 3.46. The maximum Gasteiger partial charge on any atom is 0.260 e. The fraction of sp³-hybridized carbons (Fsp3) is 0.316. The van der Waals surface area contributed by atoms with E-state index in [2.05, 4.69) is 5.43 Å². The van der Waals surface area contributed by atoms with Crippen LogP contribution in [0.5, 0.6) is 11.5 Å². The van der Waals surface area contributed by atoms with Gasteiger partial charge in [-0.25, -0.2) is 0 Å². The number of hydrogen-bond donors (Lipinski definition) is 2. The molecular weight excluding hydrogens is 594 g/mol. The quantitative estimate of drug-likeness (QED) is 0.300. The molecule has 5 aliphatic rings. The number of rotatable bonds is 5. The number of phenols is 1. The molecular formula is C38H35N3O6. The van der Waals surface area contributed by atoms with Gasteiger partial charge in [0.25, 0.3) is 11.8 Å². The summed E-state index contributed by atoms with van der Waals surface area (Å²) >= 11 is 0. The predicted octanol–water partition coefficient (Wildman–Crippen LogP) is 5.06. The van der Waals surface area contributed by atoms with Gasteiger partial charge in [-0.1, -0.05) is 59.7 Å². The number of ether oxygens (including phenoxy) is 1. The molecule has 1 saturated carbocycles. The number of hydrazine groups is 1. The van der Waals surface area contributed by atoms with E-state index < -0.39 is 35.0 Å². The van der Waals surface area contributed by atoms with Crippen LogP contribution in [0.3, 0.4) is 0 Å². The van der Waals surface area contributed by atoms with Gasteiger partial charge in [-0.15, -0.1) is 0 Å². The number of phenolic OH excluding ortho intramolecular Hbond substituents is 1. The van der Waals surface area contributed by atoms with E-state index in [9.17, 15) is 19.5 Å². The first-order valence-corrected chi connectivity index (χ1v) is 16.2. The molecule has 0 unspecified atom stereocenters. The second kappa shape index (κ2) is 10.7. The fourth-order valence-electron chi connectivity index (χ4n) is 8.94. The van der Waals surface area contributed by atoms with Gasteiger partial charge in [0.15, 0.2) is 0 Å². The lowest BCUT2D eigenvalue weighted by molar-refractivity contribution is -0.141. The van der Waals surface area contributed by atoms with Crippen LogP contribution in [0, 0.1) is 36.5 Å². The molecule has 9 heteroatoms. The second-order valence-electron chi connectivity index (χ2n) is 13.3. The molecule has 3 fully saturated rings. The minimum Gasteiger partial charge on any atom is -0.508 e. The van der Waals surface area contributed by atoms with Crippen molar-refractivity contribution in [3.8, 4) is 11.5 Å². The largest absolute Gasteiger partial charge is 0.508 e. The van der Waals surface area contributed by atoms with Crippen molar-refractivity contribution in [2.45, 2.75) is 38.5 Å². The Labute approximate surface area is 272 Å². The molecule has 4 amide bonds. The standard InChI is InChI=1S/C38H35N3O6/c1-3-40-34(43)28-15-14-27-29(32(28)36(40)45)19-30-35(44)41(39-25-11-9-21(2)10-12-25)37(46)38(30,24-7-5-4-6-8-24)33(27)23-17-22-18-26(42)13-16-31(22)47-20-23/h4-14,16,18,20,28-30,32-33,39,42H,3,15,17,19H2,1-2H3/t28-,29+,30-,32-,33-,38+/m0/s1. The van der Waals surface area contributed by atoms with Crippen LogP contribution in [0.2, 0.25) is 0 Å². The average molecular weight is 630 g/mol. The van der Waals surface area contributed by atoms with Gasteiger partial charge >= 0.3 is 0 Å². The Bertz CT molecular complexity index is 1900. The number of anilines is 1. The fourth-order valence-corrected chi connectivity index (χ4v) is 8.94. The van der Waals surface area contributed by atoms with E-state index >= 15 is 4.79 Å². The minimum atomic E-state index is -1.36. The number of aromatic hydroxyl groups is 1. The molecule has 3 aromatic carbocycles. The Morgan fingerprint density at radius 2 is 1.70 bits per heavy atom. The van der Waals surface area contributed by atoms with Crippen LogP contribution in [-0.4, -0.2) is 45.2 Å². The number of carbonyl (C=O) groups excluding carboxylic acids is 4. The molecule has 9 nitrogen and oxygen atoms in total.